The Balaban J connectivity index is 2.24. The Morgan fingerprint density at radius 2 is 1.59 bits per heavy atom. The van der Waals surface area contributed by atoms with Gasteiger partial charge < -0.3 is 40.3 Å². The average Bonchev–Trinajstić information content (AvgIpc) is 3.59. The van der Waals surface area contributed by atoms with Gasteiger partial charge in [0.2, 0.25) is 23.6 Å². The predicted octanol–water partition coefficient (Wildman–Crippen LogP) is 3.45. The summed E-state index contributed by atoms with van der Waals surface area (Å²) in [4.78, 5) is 58.1. The number of carbonyl (C=O) groups excluding carboxylic acids is 4. The van der Waals surface area contributed by atoms with E-state index in [2.05, 4.69) is 22.5 Å². The zero-order valence-corrected chi connectivity index (χ0v) is 32.8. The normalized spacial score (nSPS) is 19.4. The minimum atomic E-state index is -0.916. The van der Waals surface area contributed by atoms with Gasteiger partial charge in [-0.05, 0) is 50.1 Å². The highest BCUT2D eigenvalue weighted by atomic mass is 16.5. The van der Waals surface area contributed by atoms with Gasteiger partial charge in [-0.1, -0.05) is 84.9 Å². The third-order valence-electron chi connectivity index (χ3n) is 10.4. The lowest BCUT2D eigenvalue weighted by molar-refractivity contribution is -0.146. The van der Waals surface area contributed by atoms with Gasteiger partial charge in [-0.25, -0.2) is 0 Å². The van der Waals surface area contributed by atoms with Crippen LogP contribution in [0.25, 0.3) is 0 Å². The summed E-state index contributed by atoms with van der Waals surface area (Å²) in [6.07, 6.45) is -0.254. The highest BCUT2D eigenvalue weighted by Crippen LogP contribution is 2.29. The van der Waals surface area contributed by atoms with Gasteiger partial charge in [-0.15, -0.1) is 0 Å². The van der Waals surface area contributed by atoms with Gasteiger partial charge in [0.15, 0.2) is 0 Å². The zero-order chi connectivity index (χ0) is 38.6. The molecule has 1 aliphatic heterocycles. The van der Waals surface area contributed by atoms with E-state index in [1.165, 1.54) is 7.11 Å². The first-order valence-corrected chi connectivity index (χ1v) is 18.4. The minimum absolute atomic E-state index is 0.00290. The van der Waals surface area contributed by atoms with Crippen LogP contribution >= 0.6 is 0 Å². The highest BCUT2D eigenvalue weighted by Gasteiger charge is 2.42. The molecule has 0 aromatic heterocycles. The molecule has 1 saturated heterocycles. The van der Waals surface area contributed by atoms with E-state index in [-0.39, 0.29) is 47.5 Å². The fourth-order valence-corrected chi connectivity index (χ4v) is 7.16. The maximum absolute atomic E-state index is 14.1. The van der Waals surface area contributed by atoms with Crippen molar-refractivity contribution in [3.63, 3.8) is 0 Å². The number of aliphatic hydroxyl groups excluding tert-OH is 1. The minimum Gasteiger partial charge on any atom is -0.386 e. The van der Waals surface area contributed by atoms with Crippen molar-refractivity contribution in [3.05, 3.63) is 48.0 Å². The standard InChI is InChI=1S/C39H65N5O7/c1-13-25(6)34(43(10)39(49)33(24(4)5)42-38(48)32(40-9)23(2)3)30(50-11)22-31(45)44-21-17-20-29(44)36(51-12)26(7)37(47)41-27(8)35(46)28-18-15-14-16-19-28/h14-16,18-19,23-25,27,29-30,32-36,40,46H,7,13,17,20-22H2,1-6,8-12H3,(H,41,47)(H,42,48)/t25-,27+,29?,30+,32-,33-,34?,35+,36+/m0/s1. The average molecular weight is 716 g/mol. The van der Waals surface area contributed by atoms with Crippen molar-refractivity contribution < 1.29 is 33.8 Å². The van der Waals surface area contributed by atoms with Crippen molar-refractivity contribution in [3.8, 4) is 0 Å². The second-order valence-electron chi connectivity index (χ2n) is 14.6. The smallest absolute Gasteiger partial charge is 0.249 e. The molecule has 0 saturated carbocycles. The van der Waals surface area contributed by atoms with Gasteiger partial charge in [0.25, 0.3) is 0 Å². The number of carbonyl (C=O) groups is 4. The molecule has 2 rings (SSSR count). The van der Waals surface area contributed by atoms with Gasteiger partial charge in [-0.3, -0.25) is 19.2 Å². The summed E-state index contributed by atoms with van der Waals surface area (Å²) in [5, 5.41) is 19.6. The number of nitrogens with one attached hydrogen (secondary N) is 3. The summed E-state index contributed by atoms with van der Waals surface area (Å²) in [6.45, 7) is 18.0. The van der Waals surface area contributed by atoms with Crippen molar-refractivity contribution in [2.24, 2.45) is 17.8 Å². The van der Waals surface area contributed by atoms with E-state index in [0.29, 0.717) is 18.5 Å². The third kappa shape index (κ3) is 11.3. The van der Waals surface area contributed by atoms with Crippen LogP contribution in [0, 0.1) is 17.8 Å². The van der Waals surface area contributed by atoms with E-state index >= 15 is 0 Å². The summed E-state index contributed by atoms with van der Waals surface area (Å²) in [6, 6.07) is 6.38. The molecule has 4 amide bonds. The molecule has 12 nitrogen and oxygen atoms in total. The number of hydrogen-bond acceptors (Lipinski definition) is 8. The van der Waals surface area contributed by atoms with E-state index in [4.69, 9.17) is 9.47 Å². The number of amides is 4. The largest absolute Gasteiger partial charge is 0.386 e. The molecule has 1 fully saturated rings. The van der Waals surface area contributed by atoms with Crippen LogP contribution in [0.5, 0.6) is 0 Å². The Bertz CT molecular complexity index is 1290. The first-order valence-electron chi connectivity index (χ1n) is 18.4. The first kappa shape index (κ1) is 43.8. The maximum atomic E-state index is 14.1. The second kappa shape index (κ2) is 20.7. The molecule has 288 valence electrons. The van der Waals surface area contributed by atoms with Gasteiger partial charge in [-0.2, -0.15) is 0 Å². The second-order valence-corrected chi connectivity index (χ2v) is 14.6. The molecule has 2 unspecified atom stereocenters. The molecular weight excluding hydrogens is 650 g/mol. The fraction of sp³-hybridized carbons (Fsp3) is 0.692. The molecular formula is C39H65N5O7. The van der Waals surface area contributed by atoms with Crippen LogP contribution in [0.4, 0.5) is 0 Å². The molecule has 0 spiro atoms. The van der Waals surface area contributed by atoms with Crippen LogP contribution in [0.3, 0.4) is 0 Å². The van der Waals surface area contributed by atoms with Crippen LogP contribution < -0.4 is 16.0 Å². The number of hydrogen-bond donors (Lipinski definition) is 4. The number of likely N-dealkylation sites (N-methyl/N-ethyl adjacent to an activating group) is 2. The molecule has 1 aromatic carbocycles. The first-order chi connectivity index (χ1) is 24.0. The molecule has 0 bridgehead atoms. The fourth-order valence-electron chi connectivity index (χ4n) is 7.16. The Morgan fingerprint density at radius 1 is 0.980 bits per heavy atom. The molecule has 0 radical (unpaired) electrons. The Kier molecular flexibility index (Phi) is 17.8. The SMILES string of the molecule is C=C(C(=O)N[C@H](C)[C@@H](O)c1ccccc1)[C@@H](OC)C1CCCN1C(=O)C[C@@H](OC)C([C@@H](C)CC)N(C)C(=O)[C@@H](NC(=O)[C@@H](NC)C(C)C)C(C)C. The molecule has 1 heterocycles. The number of likely N-dealkylation sites (tertiary alicyclic amines) is 1. The lowest BCUT2D eigenvalue weighted by Gasteiger charge is -2.40. The van der Waals surface area contributed by atoms with Crippen LogP contribution in [0.1, 0.15) is 85.8 Å². The van der Waals surface area contributed by atoms with Gasteiger partial charge >= 0.3 is 0 Å². The van der Waals surface area contributed by atoms with Crippen molar-refractivity contribution >= 4 is 23.6 Å². The number of rotatable bonds is 20. The lowest BCUT2D eigenvalue weighted by Crippen LogP contribution is -2.59. The van der Waals surface area contributed by atoms with E-state index < -0.39 is 54.4 Å². The van der Waals surface area contributed by atoms with Crippen molar-refractivity contribution in [2.75, 3.05) is 34.9 Å². The van der Waals surface area contributed by atoms with Gasteiger partial charge in [0.05, 0.1) is 42.8 Å². The predicted molar refractivity (Wildman–Crippen MR) is 200 cm³/mol. The monoisotopic (exact) mass is 715 g/mol. The third-order valence-corrected chi connectivity index (χ3v) is 10.4. The summed E-state index contributed by atoms with van der Waals surface area (Å²) in [5.41, 5.74) is 0.848. The molecule has 4 N–H and O–H groups in total. The van der Waals surface area contributed by atoms with Crippen LogP contribution in [0.15, 0.2) is 42.5 Å². The van der Waals surface area contributed by atoms with Crippen molar-refractivity contribution in [1.82, 2.24) is 25.8 Å². The number of ether oxygens (including phenoxy) is 2. The quantitative estimate of drug-likeness (QED) is 0.150. The lowest BCUT2D eigenvalue weighted by atomic mass is 9.89. The number of benzene rings is 1. The Hall–Kier alpha value is -3.32. The Labute approximate surface area is 306 Å². The van der Waals surface area contributed by atoms with Crippen molar-refractivity contribution in [1.29, 1.82) is 0 Å². The molecule has 1 aliphatic rings. The topological polar surface area (TPSA) is 150 Å². The van der Waals surface area contributed by atoms with E-state index in [9.17, 15) is 24.3 Å². The summed E-state index contributed by atoms with van der Waals surface area (Å²) in [7, 11) is 6.48. The number of aliphatic hydroxyl groups is 1. The van der Waals surface area contributed by atoms with Crippen LogP contribution in [-0.2, 0) is 28.7 Å². The van der Waals surface area contributed by atoms with E-state index in [1.807, 2.05) is 59.7 Å². The molecule has 9 atom stereocenters. The highest BCUT2D eigenvalue weighted by molar-refractivity contribution is 5.94. The summed E-state index contributed by atoms with van der Waals surface area (Å²) in [5.74, 6) is -1.30. The Morgan fingerprint density at radius 3 is 2.10 bits per heavy atom. The van der Waals surface area contributed by atoms with E-state index in [1.54, 1.807) is 50.1 Å². The number of nitrogens with zero attached hydrogens (tertiary/aromatic N) is 2. The molecule has 0 aliphatic carbocycles. The molecule has 12 heteroatoms. The van der Waals surface area contributed by atoms with Crippen molar-refractivity contribution in [2.45, 2.75) is 123 Å². The summed E-state index contributed by atoms with van der Waals surface area (Å²) >= 11 is 0. The van der Waals surface area contributed by atoms with Crippen LogP contribution in [-0.4, -0.2) is 116 Å². The maximum Gasteiger partial charge on any atom is 0.249 e. The zero-order valence-electron chi connectivity index (χ0n) is 32.8. The summed E-state index contributed by atoms with van der Waals surface area (Å²) < 4.78 is 11.8. The van der Waals surface area contributed by atoms with Gasteiger partial charge in [0, 0.05) is 33.4 Å². The van der Waals surface area contributed by atoms with Gasteiger partial charge in [0.1, 0.15) is 12.1 Å². The molecule has 1 aromatic rings. The molecule has 51 heavy (non-hydrogen) atoms. The number of methoxy groups -OCH3 is 2. The van der Waals surface area contributed by atoms with Crippen LogP contribution in [0.2, 0.25) is 0 Å². The van der Waals surface area contributed by atoms with E-state index in [0.717, 1.165) is 12.8 Å².